The van der Waals surface area contributed by atoms with Crippen LogP contribution in [0.25, 0.3) is 0 Å². The van der Waals surface area contributed by atoms with Crippen LogP contribution in [-0.4, -0.2) is 16.7 Å². The Bertz CT molecular complexity index is 700. The molecule has 0 spiro atoms. The fourth-order valence-electron chi connectivity index (χ4n) is 2.63. The highest BCUT2D eigenvalue weighted by molar-refractivity contribution is 5.56. The lowest BCUT2D eigenvalue weighted by molar-refractivity contribution is 0.633. The third kappa shape index (κ3) is 2.01. The van der Waals surface area contributed by atoms with Gasteiger partial charge in [0.2, 0.25) is 0 Å². The maximum atomic E-state index is 9.26. The summed E-state index contributed by atoms with van der Waals surface area (Å²) in [6, 6.07) is 10.7. The van der Waals surface area contributed by atoms with Crippen LogP contribution in [-0.2, 0) is 6.42 Å². The Morgan fingerprint density at radius 2 is 2.10 bits per heavy atom. The zero-order chi connectivity index (χ0) is 14.1. The van der Waals surface area contributed by atoms with Gasteiger partial charge in [-0.2, -0.15) is 10.4 Å². The molecule has 100 valence electrons. The van der Waals surface area contributed by atoms with Crippen molar-refractivity contribution in [1.82, 2.24) is 10.2 Å². The molecular formula is C16H16N4. The molecule has 1 aromatic carbocycles. The predicted octanol–water partition coefficient (Wildman–Crippen LogP) is 2.72. The number of benzene rings is 1. The van der Waals surface area contributed by atoms with Gasteiger partial charge in [-0.3, -0.25) is 0 Å². The molecule has 1 unspecified atom stereocenters. The SMILES string of the molecule is Cc1nnc(NCC2Cc3ccccc32)c(C#N)c1C. The minimum atomic E-state index is 0.501. The van der Waals surface area contributed by atoms with Gasteiger partial charge in [-0.05, 0) is 37.0 Å². The topological polar surface area (TPSA) is 61.6 Å². The molecule has 20 heavy (non-hydrogen) atoms. The Labute approximate surface area is 118 Å². The van der Waals surface area contributed by atoms with Crippen LogP contribution < -0.4 is 5.32 Å². The van der Waals surface area contributed by atoms with Gasteiger partial charge in [0.05, 0.1) is 5.69 Å². The number of hydrogen-bond donors (Lipinski definition) is 1. The first-order valence-electron chi connectivity index (χ1n) is 6.76. The number of aryl methyl sites for hydroxylation is 1. The summed E-state index contributed by atoms with van der Waals surface area (Å²) in [6.45, 7) is 4.57. The van der Waals surface area contributed by atoms with Gasteiger partial charge in [-0.25, -0.2) is 0 Å². The van der Waals surface area contributed by atoms with Gasteiger partial charge in [-0.15, -0.1) is 5.10 Å². The Hall–Kier alpha value is -2.41. The Kier molecular flexibility index (Phi) is 3.11. The summed E-state index contributed by atoms with van der Waals surface area (Å²) in [7, 11) is 0. The molecule has 4 nitrogen and oxygen atoms in total. The second-order valence-electron chi connectivity index (χ2n) is 5.23. The van der Waals surface area contributed by atoms with Crippen LogP contribution in [0.4, 0.5) is 5.82 Å². The summed E-state index contributed by atoms with van der Waals surface area (Å²) < 4.78 is 0. The van der Waals surface area contributed by atoms with Gasteiger partial charge in [-0.1, -0.05) is 24.3 Å². The molecule has 1 aromatic heterocycles. The van der Waals surface area contributed by atoms with Gasteiger partial charge in [0.25, 0.3) is 0 Å². The summed E-state index contributed by atoms with van der Waals surface area (Å²) >= 11 is 0. The van der Waals surface area contributed by atoms with Crippen LogP contribution in [0.2, 0.25) is 0 Å². The van der Waals surface area contributed by atoms with Crippen molar-refractivity contribution in [1.29, 1.82) is 5.26 Å². The molecule has 1 atom stereocenters. The van der Waals surface area contributed by atoms with E-state index in [2.05, 4.69) is 45.8 Å². The average Bonchev–Trinajstić information content (AvgIpc) is 2.44. The average molecular weight is 264 g/mol. The first-order valence-corrected chi connectivity index (χ1v) is 6.76. The van der Waals surface area contributed by atoms with E-state index in [-0.39, 0.29) is 0 Å². The standard InChI is InChI=1S/C16H16N4/c1-10-11(2)19-20-16(15(10)8-17)18-9-13-7-12-5-3-4-6-14(12)13/h3-6,13H,7,9H2,1-2H3,(H,18,20). The highest BCUT2D eigenvalue weighted by atomic mass is 15.2. The van der Waals surface area contributed by atoms with Crippen LogP contribution >= 0.6 is 0 Å². The maximum Gasteiger partial charge on any atom is 0.166 e. The largest absolute Gasteiger partial charge is 0.367 e. The molecule has 4 heteroatoms. The van der Waals surface area contributed by atoms with E-state index < -0.39 is 0 Å². The number of fused-ring (bicyclic) bond motifs is 1. The molecule has 0 aliphatic heterocycles. The van der Waals surface area contributed by atoms with Crippen molar-refractivity contribution < 1.29 is 0 Å². The van der Waals surface area contributed by atoms with Gasteiger partial charge in [0, 0.05) is 12.5 Å². The van der Waals surface area contributed by atoms with Crippen LogP contribution in [0, 0.1) is 25.2 Å². The van der Waals surface area contributed by atoms with Gasteiger partial charge in [0.1, 0.15) is 11.6 Å². The van der Waals surface area contributed by atoms with Gasteiger partial charge >= 0.3 is 0 Å². The molecule has 1 aliphatic rings. The number of hydrogen-bond acceptors (Lipinski definition) is 4. The fourth-order valence-corrected chi connectivity index (χ4v) is 2.63. The number of nitriles is 1. The number of nitrogens with one attached hydrogen (secondary N) is 1. The molecule has 0 bridgehead atoms. The van der Waals surface area contributed by atoms with E-state index in [0.717, 1.165) is 24.2 Å². The van der Waals surface area contributed by atoms with E-state index in [1.165, 1.54) is 11.1 Å². The fraction of sp³-hybridized carbons (Fsp3) is 0.312. The lowest BCUT2D eigenvalue weighted by Gasteiger charge is -2.30. The summed E-state index contributed by atoms with van der Waals surface area (Å²) in [5, 5.41) is 20.7. The van der Waals surface area contributed by atoms with E-state index in [1.54, 1.807) is 0 Å². The summed E-state index contributed by atoms with van der Waals surface area (Å²) in [4.78, 5) is 0. The first kappa shape index (κ1) is 12.6. The lowest BCUT2D eigenvalue weighted by Crippen LogP contribution is -2.25. The number of rotatable bonds is 3. The molecule has 3 rings (SSSR count). The molecule has 0 fully saturated rings. The smallest absolute Gasteiger partial charge is 0.166 e. The third-order valence-corrected chi connectivity index (χ3v) is 4.04. The van der Waals surface area contributed by atoms with Crippen molar-refractivity contribution in [2.45, 2.75) is 26.2 Å². The normalized spacial score (nSPS) is 15.9. The van der Waals surface area contributed by atoms with Crippen LogP contribution in [0.3, 0.4) is 0 Å². The van der Waals surface area contributed by atoms with Crippen LogP contribution in [0.5, 0.6) is 0 Å². The van der Waals surface area contributed by atoms with E-state index in [4.69, 9.17) is 0 Å². The Morgan fingerprint density at radius 3 is 2.85 bits per heavy atom. The van der Waals surface area contributed by atoms with E-state index in [9.17, 15) is 5.26 Å². The van der Waals surface area contributed by atoms with Crippen molar-refractivity contribution in [3.05, 3.63) is 52.2 Å². The maximum absolute atomic E-state index is 9.26. The Morgan fingerprint density at radius 1 is 1.30 bits per heavy atom. The molecule has 0 amide bonds. The molecule has 1 N–H and O–H groups in total. The van der Waals surface area contributed by atoms with Gasteiger partial charge < -0.3 is 5.32 Å². The summed E-state index contributed by atoms with van der Waals surface area (Å²) in [5.41, 5.74) is 5.13. The number of aromatic nitrogens is 2. The minimum absolute atomic E-state index is 0.501. The summed E-state index contributed by atoms with van der Waals surface area (Å²) in [5.74, 6) is 1.10. The molecular weight excluding hydrogens is 248 g/mol. The van der Waals surface area contributed by atoms with Crippen molar-refractivity contribution in [3.8, 4) is 6.07 Å². The van der Waals surface area contributed by atoms with E-state index in [0.29, 0.717) is 17.3 Å². The highest BCUT2D eigenvalue weighted by Crippen LogP contribution is 2.34. The lowest BCUT2D eigenvalue weighted by atomic mass is 9.77. The Balaban J connectivity index is 1.75. The van der Waals surface area contributed by atoms with E-state index in [1.807, 2.05) is 13.8 Å². The number of nitrogens with zero attached hydrogens (tertiary/aromatic N) is 3. The predicted molar refractivity (Wildman–Crippen MR) is 77.6 cm³/mol. The highest BCUT2D eigenvalue weighted by Gasteiger charge is 2.25. The zero-order valence-corrected chi connectivity index (χ0v) is 11.6. The molecule has 0 saturated carbocycles. The van der Waals surface area contributed by atoms with Crippen LogP contribution in [0.15, 0.2) is 24.3 Å². The quantitative estimate of drug-likeness (QED) is 0.926. The second kappa shape index (κ2) is 4.93. The monoisotopic (exact) mass is 264 g/mol. The number of anilines is 1. The molecule has 1 aliphatic carbocycles. The molecule has 1 heterocycles. The third-order valence-electron chi connectivity index (χ3n) is 4.04. The van der Waals surface area contributed by atoms with Gasteiger partial charge in [0.15, 0.2) is 5.82 Å². The van der Waals surface area contributed by atoms with E-state index >= 15 is 0 Å². The van der Waals surface area contributed by atoms with Crippen molar-refractivity contribution in [3.63, 3.8) is 0 Å². The van der Waals surface area contributed by atoms with Crippen molar-refractivity contribution in [2.75, 3.05) is 11.9 Å². The second-order valence-corrected chi connectivity index (χ2v) is 5.23. The minimum Gasteiger partial charge on any atom is -0.367 e. The molecule has 2 aromatic rings. The molecule has 0 radical (unpaired) electrons. The first-order chi connectivity index (χ1) is 9.70. The summed E-state index contributed by atoms with van der Waals surface area (Å²) in [6.07, 6.45) is 1.09. The molecule has 0 saturated heterocycles. The van der Waals surface area contributed by atoms with Crippen LogP contribution in [0.1, 0.15) is 33.9 Å². The zero-order valence-electron chi connectivity index (χ0n) is 11.6. The van der Waals surface area contributed by atoms with Crippen molar-refractivity contribution in [2.24, 2.45) is 0 Å². The van der Waals surface area contributed by atoms with Crippen molar-refractivity contribution >= 4 is 5.82 Å².